The van der Waals surface area contributed by atoms with Gasteiger partial charge in [-0.3, -0.25) is 0 Å². The number of ether oxygens (including phenoxy) is 4. The zero-order valence-corrected chi connectivity index (χ0v) is 38.9. The molecule has 0 fully saturated rings. The highest BCUT2D eigenvalue weighted by Crippen LogP contribution is 2.11. The van der Waals surface area contributed by atoms with Crippen LogP contribution in [0.4, 0.5) is 0 Å². The fourth-order valence-corrected chi connectivity index (χ4v) is 3.91. The number of hydrogen-bond acceptors (Lipinski definition) is 12. The number of carbonyl (C=O) groups is 1. The second-order valence-corrected chi connectivity index (χ2v) is 10.3. The summed E-state index contributed by atoms with van der Waals surface area (Å²) in [6, 6.07) is 9.05. The van der Waals surface area contributed by atoms with Gasteiger partial charge in [-0.15, -0.1) is 0 Å². The predicted molar refractivity (Wildman–Crippen MR) is 238 cm³/mol. The van der Waals surface area contributed by atoms with Crippen LogP contribution in [0.2, 0.25) is 0 Å². The Kier molecular flexibility index (Phi) is 78.9. The zero-order valence-electron chi connectivity index (χ0n) is 38.9. The van der Waals surface area contributed by atoms with Crippen LogP contribution in [0.15, 0.2) is 42.2 Å². The molecule has 0 aliphatic rings. The fraction of sp³-hybridized carbons (Fsp3) is 0.795. The molecule has 1 aromatic carbocycles. The zero-order chi connectivity index (χ0) is 44.8. The molecule has 0 aromatic heterocycles. The molecule has 0 bridgehead atoms. The van der Waals surface area contributed by atoms with Crippen molar-refractivity contribution >= 4 is 5.97 Å². The number of benzene rings is 1. The van der Waals surface area contributed by atoms with Gasteiger partial charge in [0.2, 0.25) is 0 Å². The molecule has 0 aliphatic heterocycles. The third-order valence-electron chi connectivity index (χ3n) is 6.27. The Hall–Kier alpha value is -2.29. The maximum atomic E-state index is 11.9. The standard InChI is InChI=1S/C30H53N3O9.7C2H6/c31-26(20-42-29(23-39-21-27(36)18-34)24-40-22-28(37)19-35)17-33(32)15-11-6-4-2-1-3-5-7-12-16-41-30(38)25-13-9-8-10-14-25;7*1-2/h8-10,13-14,17,27-29,34-37H,1-7,11-12,15-16,18-24,31-32H2;7*1-2H3/b26-17-;;;;;;;. The Balaban J connectivity index is -0.000000307. The third-order valence-corrected chi connectivity index (χ3v) is 6.27. The smallest absolute Gasteiger partial charge is 0.338 e. The van der Waals surface area contributed by atoms with Crippen LogP contribution < -0.4 is 11.6 Å². The van der Waals surface area contributed by atoms with E-state index in [4.69, 9.17) is 40.7 Å². The minimum absolute atomic E-state index is 0.0638. The molecule has 0 radical (unpaired) electrons. The number of nitrogens with zero attached hydrogens (tertiary/aromatic N) is 1. The van der Waals surface area contributed by atoms with Crippen LogP contribution in [0.25, 0.3) is 0 Å². The van der Waals surface area contributed by atoms with Gasteiger partial charge in [0, 0.05) is 12.7 Å². The van der Waals surface area contributed by atoms with Gasteiger partial charge in [0.05, 0.1) is 64.1 Å². The number of aliphatic hydroxyl groups is 4. The minimum Gasteiger partial charge on any atom is -0.462 e. The number of unbranched alkanes of at least 4 members (excludes halogenated alkanes) is 8. The summed E-state index contributed by atoms with van der Waals surface area (Å²) in [5.74, 6) is 5.79. The normalized spacial score (nSPS) is 11.2. The summed E-state index contributed by atoms with van der Waals surface area (Å²) in [7, 11) is 0. The van der Waals surface area contributed by atoms with E-state index in [2.05, 4.69) is 0 Å². The fourth-order valence-electron chi connectivity index (χ4n) is 3.91. The topological polar surface area (TPSA) is 190 Å². The van der Waals surface area contributed by atoms with Crippen LogP contribution in [0.5, 0.6) is 0 Å². The van der Waals surface area contributed by atoms with Crippen molar-refractivity contribution in [3.05, 3.63) is 47.8 Å². The van der Waals surface area contributed by atoms with Gasteiger partial charge in [-0.1, -0.05) is 160 Å². The highest BCUT2D eigenvalue weighted by molar-refractivity contribution is 5.89. The van der Waals surface area contributed by atoms with E-state index in [9.17, 15) is 15.0 Å². The van der Waals surface area contributed by atoms with Crippen molar-refractivity contribution < 1.29 is 44.2 Å². The number of nitrogens with two attached hydrogens (primary N) is 2. The first kappa shape index (κ1) is 68.4. The van der Waals surface area contributed by atoms with Crippen molar-refractivity contribution in [3.63, 3.8) is 0 Å². The summed E-state index contributed by atoms with van der Waals surface area (Å²) in [5.41, 5.74) is 7.06. The lowest BCUT2D eigenvalue weighted by atomic mass is 10.1. The van der Waals surface area contributed by atoms with Crippen LogP contribution in [0, 0.1) is 0 Å². The largest absolute Gasteiger partial charge is 0.462 e. The summed E-state index contributed by atoms with van der Waals surface area (Å²) in [4.78, 5) is 11.9. The lowest BCUT2D eigenvalue weighted by molar-refractivity contribution is -0.0834. The van der Waals surface area contributed by atoms with Crippen LogP contribution >= 0.6 is 0 Å². The van der Waals surface area contributed by atoms with Gasteiger partial charge in [-0.05, 0) is 25.0 Å². The van der Waals surface area contributed by atoms with Crippen LogP contribution in [-0.4, -0.2) is 109 Å². The van der Waals surface area contributed by atoms with Crippen molar-refractivity contribution in [1.82, 2.24) is 5.01 Å². The first-order valence-corrected chi connectivity index (χ1v) is 21.9. The molecule has 8 N–H and O–H groups in total. The first-order chi connectivity index (χ1) is 27.3. The van der Waals surface area contributed by atoms with E-state index < -0.39 is 31.5 Å². The van der Waals surface area contributed by atoms with Crippen LogP contribution in [0.1, 0.15) is 165 Å². The Morgan fingerprint density at radius 1 is 0.643 bits per heavy atom. The molecule has 0 heterocycles. The molecule has 340 valence electrons. The molecule has 2 unspecified atom stereocenters. The summed E-state index contributed by atoms with van der Waals surface area (Å²) < 4.78 is 21.7. The molecule has 56 heavy (non-hydrogen) atoms. The van der Waals surface area contributed by atoms with Crippen molar-refractivity contribution in [1.29, 1.82) is 0 Å². The number of hydrazine groups is 1. The number of esters is 1. The van der Waals surface area contributed by atoms with Gasteiger partial charge in [-0.2, -0.15) is 0 Å². The van der Waals surface area contributed by atoms with Gasteiger partial charge >= 0.3 is 5.97 Å². The Labute approximate surface area is 346 Å². The quantitative estimate of drug-likeness (QED) is 0.0215. The molecule has 0 spiro atoms. The number of rotatable bonds is 27. The maximum Gasteiger partial charge on any atom is 0.338 e. The van der Waals surface area contributed by atoms with E-state index in [1.165, 1.54) is 19.3 Å². The SMILES string of the molecule is CC.CC.CC.CC.CC.CC.CC.N/C(=C\N(N)CCCCCCCCCCCOC(=O)c1ccccc1)COC(COCC(O)CO)COCC(O)CO. The van der Waals surface area contributed by atoms with E-state index >= 15 is 0 Å². The van der Waals surface area contributed by atoms with E-state index in [-0.39, 0.29) is 39.0 Å². The molecule has 12 heteroatoms. The maximum absolute atomic E-state index is 11.9. The molecule has 0 amide bonds. The highest BCUT2D eigenvalue weighted by atomic mass is 16.6. The van der Waals surface area contributed by atoms with Crippen molar-refractivity contribution in [2.75, 3.05) is 59.4 Å². The number of aliphatic hydroxyl groups excluding tert-OH is 4. The van der Waals surface area contributed by atoms with Gasteiger partial charge in [0.25, 0.3) is 0 Å². The molecule has 1 aromatic rings. The Bertz CT molecular complexity index is 806. The molecular weight excluding hydrogens is 714 g/mol. The lowest BCUT2D eigenvalue weighted by Crippen LogP contribution is -2.32. The summed E-state index contributed by atoms with van der Waals surface area (Å²) in [6.45, 7) is 28.4. The molecule has 2 atom stereocenters. The Morgan fingerprint density at radius 3 is 1.45 bits per heavy atom. The molecular formula is C44H95N3O9. The lowest BCUT2D eigenvalue weighted by Gasteiger charge is -2.21. The second kappa shape index (κ2) is 64.6. The van der Waals surface area contributed by atoms with Gasteiger partial charge in [0.15, 0.2) is 0 Å². The number of carbonyl (C=O) groups excluding carboxylic acids is 1. The van der Waals surface area contributed by atoms with E-state index in [1.807, 2.05) is 115 Å². The van der Waals surface area contributed by atoms with Gasteiger partial charge in [-0.25, -0.2) is 10.6 Å². The Morgan fingerprint density at radius 2 is 1.04 bits per heavy atom. The van der Waals surface area contributed by atoms with Crippen molar-refractivity contribution in [2.24, 2.45) is 11.6 Å². The van der Waals surface area contributed by atoms with E-state index in [0.29, 0.717) is 24.4 Å². The summed E-state index contributed by atoms with van der Waals surface area (Å²) >= 11 is 0. The molecule has 0 aliphatic carbocycles. The van der Waals surface area contributed by atoms with Gasteiger partial charge < -0.3 is 50.1 Å². The predicted octanol–water partition coefficient (Wildman–Crippen LogP) is 8.64. The van der Waals surface area contributed by atoms with Crippen molar-refractivity contribution in [2.45, 2.75) is 173 Å². The van der Waals surface area contributed by atoms with E-state index in [1.54, 1.807) is 23.3 Å². The monoisotopic (exact) mass is 810 g/mol. The van der Waals surface area contributed by atoms with Crippen LogP contribution in [-0.2, 0) is 18.9 Å². The molecule has 0 saturated carbocycles. The minimum atomic E-state index is -0.992. The van der Waals surface area contributed by atoms with E-state index in [0.717, 1.165) is 38.5 Å². The van der Waals surface area contributed by atoms with Gasteiger partial charge in [0.1, 0.15) is 18.3 Å². The number of hydrogen-bond donors (Lipinski definition) is 6. The molecule has 1 rings (SSSR count). The average molecular weight is 810 g/mol. The molecule has 12 nitrogen and oxygen atoms in total. The van der Waals surface area contributed by atoms with Crippen LogP contribution in [0.3, 0.4) is 0 Å². The molecule has 0 saturated heterocycles. The third kappa shape index (κ3) is 53.8. The highest BCUT2D eigenvalue weighted by Gasteiger charge is 2.14. The summed E-state index contributed by atoms with van der Waals surface area (Å²) in [6.07, 6.45) is 8.88. The van der Waals surface area contributed by atoms with Crippen molar-refractivity contribution in [3.8, 4) is 0 Å². The first-order valence-electron chi connectivity index (χ1n) is 21.9. The second-order valence-electron chi connectivity index (χ2n) is 10.3. The average Bonchev–Trinajstić information content (AvgIpc) is 3.27. The summed E-state index contributed by atoms with van der Waals surface area (Å²) in [5, 5.41) is 38.2.